The summed E-state index contributed by atoms with van der Waals surface area (Å²) in [4.78, 5) is 13.4. The van der Waals surface area contributed by atoms with Crippen LogP contribution in [0.4, 0.5) is 22.7 Å². The Labute approximate surface area is 198 Å². The predicted octanol–water partition coefficient (Wildman–Crippen LogP) is 6.33. The molecule has 0 saturated heterocycles. The van der Waals surface area contributed by atoms with Crippen LogP contribution < -0.4 is 10.2 Å². The van der Waals surface area contributed by atoms with Gasteiger partial charge < -0.3 is 14.6 Å². The number of furan rings is 1. The Balaban J connectivity index is 1.67. The van der Waals surface area contributed by atoms with Gasteiger partial charge in [0.15, 0.2) is 5.52 Å². The summed E-state index contributed by atoms with van der Waals surface area (Å²) >= 11 is 6.54. The first kappa shape index (κ1) is 21.5. The van der Waals surface area contributed by atoms with Crippen molar-refractivity contribution in [3.05, 3.63) is 106 Å². The van der Waals surface area contributed by atoms with Gasteiger partial charge in [0.25, 0.3) is 0 Å². The van der Waals surface area contributed by atoms with Crippen LogP contribution in [0.1, 0.15) is 11.3 Å². The number of hydrogen-bond donors (Lipinski definition) is 1. The highest BCUT2D eigenvalue weighted by Crippen LogP contribution is 2.43. The maximum atomic E-state index is 12.0. The molecular weight excluding hydrogens is 458 g/mol. The van der Waals surface area contributed by atoms with Crippen molar-refractivity contribution in [1.82, 2.24) is 10.3 Å². The number of hydrogen-bond acceptors (Lipinski definition) is 8. The zero-order valence-electron chi connectivity index (χ0n) is 17.7. The summed E-state index contributed by atoms with van der Waals surface area (Å²) in [6.07, 6.45) is 1.58. The van der Waals surface area contributed by atoms with Crippen molar-refractivity contribution in [3.8, 4) is 0 Å². The van der Waals surface area contributed by atoms with E-state index in [1.54, 1.807) is 24.5 Å². The van der Waals surface area contributed by atoms with E-state index in [0.717, 1.165) is 5.56 Å². The van der Waals surface area contributed by atoms with Crippen LogP contribution in [0.5, 0.6) is 0 Å². The van der Waals surface area contributed by atoms with Gasteiger partial charge in [0.2, 0.25) is 5.52 Å². The summed E-state index contributed by atoms with van der Waals surface area (Å²) < 4.78 is 10.5. The van der Waals surface area contributed by atoms with Crippen LogP contribution in [-0.2, 0) is 13.1 Å². The van der Waals surface area contributed by atoms with Crippen molar-refractivity contribution >= 4 is 45.4 Å². The molecule has 9 nitrogen and oxygen atoms in total. The zero-order chi connectivity index (χ0) is 23.5. The second kappa shape index (κ2) is 9.24. The van der Waals surface area contributed by atoms with E-state index in [1.165, 1.54) is 0 Å². The van der Waals surface area contributed by atoms with Crippen LogP contribution in [0, 0.1) is 10.1 Å². The lowest BCUT2D eigenvalue weighted by Gasteiger charge is -2.25. The third-order valence-corrected chi connectivity index (χ3v) is 5.65. The minimum atomic E-state index is -0.490. The maximum absolute atomic E-state index is 12.0. The molecule has 0 atom stereocenters. The van der Waals surface area contributed by atoms with Crippen molar-refractivity contribution in [3.63, 3.8) is 0 Å². The number of aromatic nitrogens is 2. The number of para-hydroxylation sites is 1. The quantitative estimate of drug-likeness (QED) is 0.205. The second-order valence-electron chi connectivity index (χ2n) is 7.47. The van der Waals surface area contributed by atoms with E-state index in [-0.39, 0.29) is 22.4 Å². The lowest BCUT2D eigenvalue weighted by molar-refractivity contribution is -0.382. The van der Waals surface area contributed by atoms with E-state index in [2.05, 4.69) is 15.6 Å². The van der Waals surface area contributed by atoms with E-state index in [1.807, 2.05) is 59.5 Å². The number of benzene rings is 3. The highest BCUT2D eigenvalue weighted by molar-refractivity contribution is 6.33. The van der Waals surface area contributed by atoms with Crippen molar-refractivity contribution in [2.45, 2.75) is 13.1 Å². The summed E-state index contributed by atoms with van der Waals surface area (Å²) in [5, 5.41) is 23.5. The molecule has 0 spiro atoms. The topological polar surface area (TPSA) is 110 Å². The van der Waals surface area contributed by atoms with Gasteiger partial charge in [-0.05, 0) is 46.2 Å². The third kappa shape index (κ3) is 4.16. The molecule has 0 aliphatic heterocycles. The molecule has 5 rings (SSSR count). The average Bonchev–Trinajstić information content (AvgIpc) is 3.54. The lowest BCUT2D eigenvalue weighted by Crippen LogP contribution is -2.18. The molecule has 0 aliphatic carbocycles. The molecule has 0 bridgehead atoms. The fourth-order valence-electron chi connectivity index (χ4n) is 3.76. The van der Waals surface area contributed by atoms with Gasteiger partial charge in [-0.3, -0.25) is 10.1 Å². The summed E-state index contributed by atoms with van der Waals surface area (Å²) in [7, 11) is 0. The molecule has 2 heterocycles. The number of nitrogens with zero attached hydrogens (tertiary/aromatic N) is 4. The number of halogens is 1. The zero-order valence-corrected chi connectivity index (χ0v) is 18.5. The van der Waals surface area contributed by atoms with Gasteiger partial charge >= 0.3 is 5.69 Å². The van der Waals surface area contributed by atoms with Gasteiger partial charge in [0, 0.05) is 6.54 Å². The number of rotatable bonds is 8. The van der Waals surface area contributed by atoms with E-state index in [4.69, 9.17) is 20.6 Å². The molecule has 0 amide bonds. The van der Waals surface area contributed by atoms with Crippen molar-refractivity contribution in [2.24, 2.45) is 0 Å². The summed E-state index contributed by atoms with van der Waals surface area (Å²) in [5.74, 6) is 0.668. The summed E-state index contributed by atoms with van der Waals surface area (Å²) in [5.41, 5.74) is 2.51. The standard InChI is InChI=1S/C24H18ClN5O4/c25-18-10-4-5-11-20(18)29(15-17-9-6-12-33-17)21-13-19(26-14-16-7-2-1-3-8-16)24(30(31)32)23-22(21)27-34-28-23/h1-13,26H,14-15H2. The minimum Gasteiger partial charge on any atom is -0.467 e. The van der Waals surface area contributed by atoms with Crippen LogP contribution in [0.15, 0.2) is 88.1 Å². The van der Waals surface area contributed by atoms with Gasteiger partial charge in [-0.1, -0.05) is 54.1 Å². The Morgan fingerprint density at radius 2 is 1.74 bits per heavy atom. The van der Waals surface area contributed by atoms with Gasteiger partial charge in [-0.15, -0.1) is 0 Å². The largest absolute Gasteiger partial charge is 0.467 e. The second-order valence-corrected chi connectivity index (χ2v) is 7.87. The van der Waals surface area contributed by atoms with Crippen molar-refractivity contribution in [2.75, 3.05) is 10.2 Å². The molecule has 5 aromatic rings. The molecule has 1 N–H and O–H groups in total. The van der Waals surface area contributed by atoms with Crippen LogP contribution >= 0.6 is 11.6 Å². The molecule has 2 aromatic heterocycles. The Kier molecular flexibility index (Phi) is 5.84. The predicted molar refractivity (Wildman–Crippen MR) is 128 cm³/mol. The Hall–Kier alpha value is -4.37. The summed E-state index contributed by atoms with van der Waals surface area (Å²) in [6, 6.07) is 22.2. The Morgan fingerprint density at radius 3 is 2.47 bits per heavy atom. The Morgan fingerprint density at radius 1 is 0.971 bits per heavy atom. The lowest BCUT2D eigenvalue weighted by atomic mass is 10.1. The maximum Gasteiger partial charge on any atom is 0.323 e. The monoisotopic (exact) mass is 475 g/mol. The molecule has 34 heavy (non-hydrogen) atoms. The Bertz CT molecular complexity index is 1440. The minimum absolute atomic E-state index is 0.0366. The number of nitrogens with one attached hydrogen (secondary N) is 1. The van der Waals surface area contributed by atoms with E-state index in [0.29, 0.717) is 35.2 Å². The van der Waals surface area contributed by atoms with Gasteiger partial charge in [0.05, 0.1) is 34.1 Å². The van der Waals surface area contributed by atoms with E-state index >= 15 is 0 Å². The molecule has 0 fully saturated rings. The highest BCUT2D eigenvalue weighted by atomic mass is 35.5. The fraction of sp³-hybridized carbons (Fsp3) is 0.0833. The van der Waals surface area contributed by atoms with Crippen molar-refractivity contribution in [1.29, 1.82) is 0 Å². The van der Waals surface area contributed by atoms with Gasteiger partial charge in [-0.2, -0.15) is 0 Å². The first-order chi connectivity index (χ1) is 16.6. The SMILES string of the molecule is O=[N+]([O-])c1c(NCc2ccccc2)cc(N(Cc2ccco2)c2ccccc2Cl)c2nonc12. The van der Waals surface area contributed by atoms with E-state index < -0.39 is 4.92 Å². The molecule has 10 heteroatoms. The molecule has 0 aliphatic rings. The average molecular weight is 476 g/mol. The first-order valence-corrected chi connectivity index (χ1v) is 10.8. The van der Waals surface area contributed by atoms with Crippen molar-refractivity contribution < 1.29 is 14.0 Å². The van der Waals surface area contributed by atoms with Crippen LogP contribution in [0.25, 0.3) is 11.0 Å². The number of anilines is 3. The van der Waals surface area contributed by atoms with Gasteiger partial charge in [-0.25, -0.2) is 4.63 Å². The van der Waals surface area contributed by atoms with Crippen LogP contribution in [0.3, 0.4) is 0 Å². The number of nitro groups is 1. The van der Waals surface area contributed by atoms with Gasteiger partial charge in [0.1, 0.15) is 11.4 Å². The smallest absolute Gasteiger partial charge is 0.323 e. The highest BCUT2D eigenvalue weighted by Gasteiger charge is 2.29. The third-order valence-electron chi connectivity index (χ3n) is 5.33. The molecule has 0 saturated carbocycles. The van der Waals surface area contributed by atoms with Crippen LogP contribution in [0.2, 0.25) is 5.02 Å². The van der Waals surface area contributed by atoms with E-state index in [9.17, 15) is 10.1 Å². The molecular formula is C24H18ClN5O4. The molecule has 0 unspecified atom stereocenters. The fourth-order valence-corrected chi connectivity index (χ4v) is 4.00. The molecule has 3 aromatic carbocycles. The molecule has 170 valence electrons. The normalized spacial score (nSPS) is 11.0. The molecule has 0 radical (unpaired) electrons. The number of fused-ring (bicyclic) bond motifs is 1. The first-order valence-electron chi connectivity index (χ1n) is 10.4. The number of nitro benzene ring substituents is 1. The summed E-state index contributed by atoms with van der Waals surface area (Å²) in [6.45, 7) is 0.677. The van der Waals surface area contributed by atoms with Crippen LogP contribution in [-0.4, -0.2) is 15.2 Å².